The smallest absolute Gasteiger partial charge is 0.250 e. The summed E-state index contributed by atoms with van der Waals surface area (Å²) >= 11 is 7.37. The van der Waals surface area contributed by atoms with Crippen molar-refractivity contribution in [3.63, 3.8) is 0 Å². The fraction of sp³-hybridized carbons (Fsp3) is 0.0667. The van der Waals surface area contributed by atoms with Gasteiger partial charge in [-0.3, -0.25) is 9.36 Å². The molecule has 0 fully saturated rings. The lowest BCUT2D eigenvalue weighted by molar-refractivity contribution is -0.118. The molecule has 0 bridgehead atoms. The summed E-state index contributed by atoms with van der Waals surface area (Å²) < 4.78 is 1.94. The van der Waals surface area contributed by atoms with Crippen LogP contribution in [0.25, 0.3) is 28.2 Å². The standard InChI is InChI=1S/C30H24ClN5OS/c1-21-7-17-27(18-8-21)36-29(25-13-15-26(31)16-14-25)34-35-30(36)38-20-28(37)33-32-19-22-9-11-24(12-10-22)23-5-3-2-4-6-23/h2-19H,20H2,1H3,(H,33,37). The Bertz CT molecular complexity index is 1550. The van der Waals surface area contributed by atoms with E-state index in [0.717, 1.165) is 33.5 Å². The van der Waals surface area contributed by atoms with Crippen molar-refractivity contribution in [2.75, 3.05) is 5.75 Å². The van der Waals surface area contributed by atoms with Crippen LogP contribution in [0.4, 0.5) is 0 Å². The van der Waals surface area contributed by atoms with Crippen LogP contribution in [0.15, 0.2) is 113 Å². The zero-order chi connectivity index (χ0) is 26.3. The number of hydrogen-bond donors (Lipinski definition) is 1. The van der Waals surface area contributed by atoms with Gasteiger partial charge in [-0.25, -0.2) is 5.43 Å². The molecule has 6 nitrogen and oxygen atoms in total. The summed E-state index contributed by atoms with van der Waals surface area (Å²) in [7, 11) is 0. The Morgan fingerprint density at radius 1 is 0.868 bits per heavy atom. The number of rotatable bonds is 8. The van der Waals surface area contributed by atoms with E-state index in [0.29, 0.717) is 16.0 Å². The fourth-order valence-corrected chi connectivity index (χ4v) is 4.68. The molecule has 0 atom stereocenters. The molecule has 4 aromatic carbocycles. The highest BCUT2D eigenvalue weighted by Crippen LogP contribution is 2.29. The van der Waals surface area contributed by atoms with Gasteiger partial charge in [-0.2, -0.15) is 5.10 Å². The van der Waals surface area contributed by atoms with E-state index in [1.807, 2.05) is 102 Å². The van der Waals surface area contributed by atoms with Gasteiger partial charge in [0.05, 0.1) is 12.0 Å². The largest absolute Gasteiger partial charge is 0.272 e. The van der Waals surface area contributed by atoms with E-state index in [1.54, 1.807) is 6.21 Å². The molecule has 0 aliphatic rings. The lowest BCUT2D eigenvalue weighted by Gasteiger charge is -2.10. The van der Waals surface area contributed by atoms with Crippen LogP contribution in [-0.4, -0.2) is 32.6 Å². The van der Waals surface area contributed by atoms with Crippen LogP contribution in [0.1, 0.15) is 11.1 Å². The first-order valence-electron chi connectivity index (χ1n) is 12.0. The number of thioether (sulfide) groups is 1. The molecular formula is C30H24ClN5OS. The number of carbonyl (C=O) groups is 1. The van der Waals surface area contributed by atoms with E-state index in [9.17, 15) is 4.79 Å². The third-order valence-electron chi connectivity index (χ3n) is 5.78. The number of nitrogens with zero attached hydrogens (tertiary/aromatic N) is 4. The van der Waals surface area contributed by atoms with Gasteiger partial charge < -0.3 is 0 Å². The number of hydrogen-bond acceptors (Lipinski definition) is 5. The monoisotopic (exact) mass is 537 g/mol. The van der Waals surface area contributed by atoms with Crippen LogP contribution < -0.4 is 5.43 Å². The molecule has 38 heavy (non-hydrogen) atoms. The number of halogens is 1. The summed E-state index contributed by atoms with van der Waals surface area (Å²) in [5.41, 5.74) is 8.70. The summed E-state index contributed by atoms with van der Waals surface area (Å²) in [4.78, 5) is 12.5. The molecule has 0 unspecified atom stereocenters. The molecule has 5 aromatic rings. The highest BCUT2D eigenvalue weighted by molar-refractivity contribution is 7.99. The Morgan fingerprint density at radius 2 is 1.53 bits per heavy atom. The molecule has 0 saturated carbocycles. The van der Waals surface area contributed by atoms with Crippen LogP contribution in [0.5, 0.6) is 0 Å². The quantitative estimate of drug-likeness (QED) is 0.134. The summed E-state index contributed by atoms with van der Waals surface area (Å²) in [6.07, 6.45) is 1.63. The van der Waals surface area contributed by atoms with E-state index in [1.165, 1.54) is 11.8 Å². The van der Waals surface area contributed by atoms with Crippen molar-refractivity contribution in [3.05, 3.63) is 119 Å². The first-order valence-corrected chi connectivity index (χ1v) is 13.3. The SMILES string of the molecule is Cc1ccc(-n2c(SCC(=O)NN=Cc3ccc(-c4ccccc4)cc3)nnc2-c2ccc(Cl)cc2)cc1. The van der Waals surface area contributed by atoms with Crippen molar-refractivity contribution in [2.45, 2.75) is 12.1 Å². The van der Waals surface area contributed by atoms with Gasteiger partial charge >= 0.3 is 0 Å². The van der Waals surface area contributed by atoms with Gasteiger partial charge in [0.1, 0.15) is 0 Å². The number of aromatic nitrogens is 3. The van der Waals surface area contributed by atoms with Crippen molar-refractivity contribution in [2.24, 2.45) is 5.10 Å². The fourth-order valence-electron chi connectivity index (χ4n) is 3.81. The number of aryl methyl sites for hydroxylation is 1. The molecule has 1 amide bonds. The van der Waals surface area contributed by atoms with Gasteiger partial charge in [0.15, 0.2) is 11.0 Å². The Morgan fingerprint density at radius 3 is 2.24 bits per heavy atom. The number of benzene rings is 4. The van der Waals surface area contributed by atoms with Crippen molar-refractivity contribution in [1.82, 2.24) is 20.2 Å². The second-order valence-corrected chi connectivity index (χ2v) is 9.93. The van der Waals surface area contributed by atoms with E-state index >= 15 is 0 Å². The summed E-state index contributed by atoms with van der Waals surface area (Å²) in [5, 5.41) is 14.2. The summed E-state index contributed by atoms with van der Waals surface area (Å²) in [6.45, 7) is 2.04. The van der Waals surface area contributed by atoms with Crippen LogP contribution in [0.2, 0.25) is 5.02 Å². The molecule has 0 aliphatic heterocycles. The average molecular weight is 538 g/mol. The van der Waals surface area contributed by atoms with E-state index in [-0.39, 0.29) is 11.7 Å². The van der Waals surface area contributed by atoms with E-state index in [2.05, 4.69) is 32.9 Å². The predicted molar refractivity (Wildman–Crippen MR) is 155 cm³/mol. The minimum Gasteiger partial charge on any atom is -0.272 e. The Hall–Kier alpha value is -4.20. The first kappa shape index (κ1) is 25.4. The minimum atomic E-state index is -0.237. The highest BCUT2D eigenvalue weighted by atomic mass is 35.5. The number of nitrogens with one attached hydrogen (secondary N) is 1. The average Bonchev–Trinajstić information content (AvgIpc) is 3.37. The molecule has 1 heterocycles. The van der Waals surface area contributed by atoms with Gasteiger partial charge in [-0.05, 0) is 60.0 Å². The van der Waals surface area contributed by atoms with Crippen LogP contribution in [-0.2, 0) is 4.79 Å². The molecule has 188 valence electrons. The second kappa shape index (κ2) is 11.9. The molecular weight excluding hydrogens is 514 g/mol. The number of carbonyl (C=O) groups excluding carboxylic acids is 1. The van der Waals surface area contributed by atoms with Crippen LogP contribution >= 0.6 is 23.4 Å². The Labute approximate surface area is 230 Å². The molecule has 0 spiro atoms. The predicted octanol–water partition coefficient (Wildman–Crippen LogP) is 6.81. The first-order chi connectivity index (χ1) is 18.6. The highest BCUT2D eigenvalue weighted by Gasteiger charge is 2.17. The molecule has 0 saturated heterocycles. The molecule has 0 aliphatic carbocycles. The van der Waals surface area contributed by atoms with Crippen molar-refractivity contribution in [3.8, 4) is 28.2 Å². The van der Waals surface area contributed by atoms with Gasteiger partial charge in [-0.1, -0.05) is 95.7 Å². The van der Waals surface area contributed by atoms with Crippen LogP contribution in [0.3, 0.4) is 0 Å². The molecule has 0 radical (unpaired) electrons. The Kier molecular flexibility index (Phi) is 7.97. The van der Waals surface area contributed by atoms with Crippen molar-refractivity contribution < 1.29 is 4.79 Å². The third kappa shape index (κ3) is 6.19. The molecule has 5 rings (SSSR count). The van der Waals surface area contributed by atoms with E-state index < -0.39 is 0 Å². The maximum absolute atomic E-state index is 12.5. The van der Waals surface area contributed by atoms with Gasteiger partial charge in [-0.15, -0.1) is 10.2 Å². The molecule has 1 N–H and O–H groups in total. The maximum Gasteiger partial charge on any atom is 0.250 e. The Balaban J connectivity index is 1.25. The second-order valence-electron chi connectivity index (χ2n) is 8.55. The van der Waals surface area contributed by atoms with Crippen molar-refractivity contribution in [1.29, 1.82) is 0 Å². The van der Waals surface area contributed by atoms with Gasteiger partial charge in [0.25, 0.3) is 5.91 Å². The van der Waals surface area contributed by atoms with Gasteiger partial charge in [0, 0.05) is 16.3 Å². The zero-order valence-corrected chi connectivity index (χ0v) is 22.2. The normalized spacial score (nSPS) is 11.1. The maximum atomic E-state index is 12.5. The minimum absolute atomic E-state index is 0.134. The topological polar surface area (TPSA) is 72.2 Å². The molecule has 8 heteroatoms. The lowest BCUT2D eigenvalue weighted by atomic mass is 10.0. The van der Waals surface area contributed by atoms with Gasteiger partial charge in [0.2, 0.25) is 0 Å². The summed E-state index contributed by atoms with van der Waals surface area (Å²) in [6, 6.07) is 33.7. The summed E-state index contributed by atoms with van der Waals surface area (Å²) in [5.74, 6) is 0.568. The van der Waals surface area contributed by atoms with Crippen molar-refractivity contribution >= 4 is 35.5 Å². The lowest BCUT2D eigenvalue weighted by Crippen LogP contribution is -2.20. The number of amides is 1. The number of hydrazone groups is 1. The molecule has 1 aromatic heterocycles. The third-order valence-corrected chi connectivity index (χ3v) is 6.96. The van der Waals surface area contributed by atoms with E-state index in [4.69, 9.17) is 11.6 Å². The van der Waals surface area contributed by atoms with Crippen LogP contribution in [0, 0.1) is 6.92 Å². The zero-order valence-electron chi connectivity index (χ0n) is 20.6.